The van der Waals surface area contributed by atoms with E-state index in [4.69, 9.17) is 12.2 Å². The molecule has 0 aliphatic carbocycles. The van der Waals surface area contributed by atoms with Gasteiger partial charge in [-0.15, -0.1) is 18.3 Å². The monoisotopic (exact) mass is 277 g/mol. The number of allylic oxidation sites excluding steroid dienone is 1. The van der Waals surface area contributed by atoms with Crippen LogP contribution >= 0.6 is 24.0 Å². The maximum Gasteiger partial charge on any atom is 0.195 e. The van der Waals surface area contributed by atoms with Gasteiger partial charge < -0.3 is 0 Å². The number of rotatable bonds is 6. The second-order valence-corrected chi connectivity index (χ2v) is 5.19. The lowest BCUT2D eigenvalue weighted by atomic mass is 10.2. The van der Waals surface area contributed by atoms with E-state index in [2.05, 4.69) is 41.0 Å². The Hall–Kier alpha value is -1.33. The normalized spacial score (nSPS) is 10.4. The van der Waals surface area contributed by atoms with E-state index in [0.717, 1.165) is 17.3 Å². The van der Waals surface area contributed by atoms with Crippen molar-refractivity contribution < 1.29 is 0 Å². The smallest absolute Gasteiger partial charge is 0.195 e. The lowest BCUT2D eigenvalue weighted by Gasteiger charge is -2.04. The van der Waals surface area contributed by atoms with Crippen LogP contribution in [0, 0.1) is 4.77 Å². The van der Waals surface area contributed by atoms with Gasteiger partial charge in [-0.05, 0) is 17.8 Å². The van der Waals surface area contributed by atoms with E-state index in [1.165, 1.54) is 5.56 Å². The number of H-pyrrole nitrogens is 1. The fourth-order valence-electron chi connectivity index (χ4n) is 1.61. The minimum atomic E-state index is 0.658. The van der Waals surface area contributed by atoms with Gasteiger partial charge >= 0.3 is 0 Å². The van der Waals surface area contributed by atoms with Gasteiger partial charge in [-0.2, -0.15) is 5.10 Å². The average molecular weight is 277 g/mol. The summed E-state index contributed by atoms with van der Waals surface area (Å²) in [5.41, 5.74) is 1.33. The number of nitrogens with one attached hydrogen (secondary N) is 1. The molecule has 1 aromatic carbocycles. The lowest BCUT2D eigenvalue weighted by Crippen LogP contribution is -2.01. The largest absolute Gasteiger partial charge is 0.300 e. The minimum absolute atomic E-state index is 0.658. The van der Waals surface area contributed by atoms with Gasteiger partial charge in [0, 0.05) is 12.3 Å². The van der Waals surface area contributed by atoms with Crippen LogP contribution in [0.25, 0.3) is 0 Å². The molecule has 1 aromatic heterocycles. The van der Waals surface area contributed by atoms with Gasteiger partial charge in [-0.3, -0.25) is 9.67 Å². The summed E-state index contributed by atoms with van der Waals surface area (Å²) in [6.45, 7) is 4.43. The molecule has 0 bridgehead atoms. The predicted molar refractivity (Wildman–Crippen MR) is 79.0 cm³/mol. The summed E-state index contributed by atoms with van der Waals surface area (Å²) in [6.07, 6.45) is 1.83. The van der Waals surface area contributed by atoms with E-state index >= 15 is 0 Å². The summed E-state index contributed by atoms with van der Waals surface area (Å²) < 4.78 is 2.63. The van der Waals surface area contributed by atoms with E-state index in [0.29, 0.717) is 11.3 Å². The van der Waals surface area contributed by atoms with Gasteiger partial charge in [-0.25, -0.2) is 0 Å². The van der Waals surface area contributed by atoms with Gasteiger partial charge in [0.2, 0.25) is 0 Å². The second kappa shape index (κ2) is 6.56. The molecule has 0 radical (unpaired) electrons. The van der Waals surface area contributed by atoms with Crippen LogP contribution in [0.3, 0.4) is 0 Å². The summed E-state index contributed by atoms with van der Waals surface area (Å²) in [6, 6.07) is 10.4. The topological polar surface area (TPSA) is 33.6 Å². The third-order valence-electron chi connectivity index (χ3n) is 2.49. The van der Waals surface area contributed by atoms with Crippen molar-refractivity contribution in [3.8, 4) is 0 Å². The fourth-order valence-corrected chi connectivity index (χ4v) is 2.77. The third-order valence-corrected chi connectivity index (χ3v) is 3.80. The first-order valence-electron chi connectivity index (χ1n) is 5.68. The van der Waals surface area contributed by atoms with Crippen LogP contribution in [0.1, 0.15) is 11.4 Å². The van der Waals surface area contributed by atoms with Gasteiger partial charge in [-0.1, -0.05) is 36.4 Å². The van der Waals surface area contributed by atoms with E-state index in [1.807, 2.05) is 28.5 Å². The van der Waals surface area contributed by atoms with Crippen molar-refractivity contribution in [2.45, 2.75) is 18.1 Å². The van der Waals surface area contributed by atoms with Gasteiger partial charge in [0.05, 0.1) is 5.75 Å². The van der Waals surface area contributed by atoms with E-state index in [1.54, 1.807) is 0 Å². The molecule has 0 aliphatic rings. The summed E-state index contributed by atoms with van der Waals surface area (Å²) in [5.74, 6) is 2.80. The Labute approximate surface area is 116 Å². The van der Waals surface area contributed by atoms with Crippen molar-refractivity contribution in [3.63, 3.8) is 0 Å². The Balaban J connectivity index is 1.94. The van der Waals surface area contributed by atoms with Crippen LogP contribution in [0.4, 0.5) is 0 Å². The van der Waals surface area contributed by atoms with Crippen molar-refractivity contribution in [1.82, 2.24) is 14.8 Å². The standard InChI is InChI=1S/C13H15N3S2/c1-2-8-16-12(14-15-13(16)17)10-18-9-11-6-4-3-5-7-11/h2-7H,1,8-10H2,(H,15,17). The highest BCUT2D eigenvalue weighted by Crippen LogP contribution is 2.16. The average Bonchev–Trinajstić information content (AvgIpc) is 2.73. The quantitative estimate of drug-likeness (QED) is 0.647. The predicted octanol–water partition coefficient (Wildman–Crippen LogP) is 3.56. The molecule has 18 heavy (non-hydrogen) atoms. The number of hydrogen-bond donors (Lipinski definition) is 1. The Morgan fingerprint density at radius 1 is 1.33 bits per heavy atom. The fraction of sp³-hybridized carbons (Fsp3) is 0.231. The SMILES string of the molecule is C=CCn1c(CSCc2ccccc2)n[nH]c1=S. The van der Waals surface area contributed by atoms with E-state index in [9.17, 15) is 0 Å². The highest BCUT2D eigenvalue weighted by Gasteiger charge is 2.04. The van der Waals surface area contributed by atoms with Crippen LogP contribution in [-0.4, -0.2) is 14.8 Å². The van der Waals surface area contributed by atoms with E-state index < -0.39 is 0 Å². The molecule has 0 atom stereocenters. The number of hydrogen-bond acceptors (Lipinski definition) is 3. The van der Waals surface area contributed by atoms with E-state index in [-0.39, 0.29) is 0 Å². The molecule has 2 rings (SSSR count). The Morgan fingerprint density at radius 3 is 2.83 bits per heavy atom. The van der Waals surface area contributed by atoms with Gasteiger partial charge in [0.25, 0.3) is 0 Å². The van der Waals surface area contributed by atoms with Crippen LogP contribution in [-0.2, 0) is 18.1 Å². The molecule has 0 fully saturated rings. The molecule has 0 unspecified atom stereocenters. The maximum absolute atomic E-state index is 5.17. The number of aromatic nitrogens is 3. The molecule has 0 saturated heterocycles. The Bertz CT molecular complexity index is 557. The number of benzene rings is 1. The zero-order valence-corrected chi connectivity index (χ0v) is 11.6. The molecule has 0 spiro atoms. The summed E-state index contributed by atoms with van der Waals surface area (Å²) in [4.78, 5) is 0. The number of thioether (sulfide) groups is 1. The second-order valence-electron chi connectivity index (χ2n) is 3.82. The maximum atomic E-state index is 5.17. The van der Waals surface area contributed by atoms with Crippen molar-refractivity contribution in [2.24, 2.45) is 0 Å². The molecular weight excluding hydrogens is 262 g/mol. The van der Waals surface area contributed by atoms with Gasteiger partial charge in [0.1, 0.15) is 5.82 Å². The van der Waals surface area contributed by atoms with Crippen LogP contribution in [0.5, 0.6) is 0 Å². The van der Waals surface area contributed by atoms with Crippen molar-refractivity contribution in [1.29, 1.82) is 0 Å². The van der Waals surface area contributed by atoms with Gasteiger partial charge in [0.15, 0.2) is 4.77 Å². The Morgan fingerprint density at radius 2 is 2.11 bits per heavy atom. The summed E-state index contributed by atoms with van der Waals surface area (Å²) in [5, 5.41) is 7.07. The Kier molecular flexibility index (Phi) is 4.78. The zero-order valence-electron chi connectivity index (χ0n) is 10.0. The lowest BCUT2D eigenvalue weighted by molar-refractivity contribution is 0.766. The molecule has 5 heteroatoms. The first-order valence-corrected chi connectivity index (χ1v) is 7.24. The molecule has 1 N–H and O–H groups in total. The highest BCUT2D eigenvalue weighted by molar-refractivity contribution is 7.97. The molecule has 94 valence electrons. The molecule has 0 amide bonds. The van der Waals surface area contributed by atoms with Crippen molar-refractivity contribution in [2.75, 3.05) is 0 Å². The highest BCUT2D eigenvalue weighted by atomic mass is 32.2. The molecule has 3 nitrogen and oxygen atoms in total. The number of aromatic amines is 1. The third kappa shape index (κ3) is 3.34. The molecule has 2 aromatic rings. The van der Waals surface area contributed by atoms with Crippen LogP contribution in [0.2, 0.25) is 0 Å². The first-order chi connectivity index (χ1) is 8.81. The molecular formula is C13H15N3S2. The van der Waals surface area contributed by atoms with Crippen molar-refractivity contribution in [3.05, 3.63) is 59.1 Å². The zero-order chi connectivity index (χ0) is 12.8. The molecule has 0 aliphatic heterocycles. The number of nitrogens with zero attached hydrogens (tertiary/aromatic N) is 2. The first kappa shape index (κ1) is 13.1. The van der Waals surface area contributed by atoms with Crippen molar-refractivity contribution >= 4 is 24.0 Å². The summed E-state index contributed by atoms with van der Waals surface area (Å²) in [7, 11) is 0. The molecule has 1 heterocycles. The van der Waals surface area contributed by atoms with Crippen LogP contribution in [0.15, 0.2) is 43.0 Å². The molecule has 0 saturated carbocycles. The van der Waals surface area contributed by atoms with Crippen LogP contribution < -0.4 is 0 Å². The minimum Gasteiger partial charge on any atom is -0.300 e. The summed E-state index contributed by atoms with van der Waals surface area (Å²) >= 11 is 7.00.